The summed E-state index contributed by atoms with van der Waals surface area (Å²) in [4.78, 5) is 57.3. The monoisotopic (exact) mass is 534 g/mol. The Morgan fingerprint density at radius 1 is 1.33 bits per heavy atom. The number of carbonyl (C=O) groups is 4. The number of β-lactam (4-membered cyclic amide) rings is 1. The summed E-state index contributed by atoms with van der Waals surface area (Å²) in [6.07, 6.45) is 2.97. The van der Waals surface area contributed by atoms with E-state index < -0.39 is 34.9 Å². The average Bonchev–Trinajstić information content (AvgIpc) is 3.60. The van der Waals surface area contributed by atoms with Gasteiger partial charge in [-0.2, -0.15) is 9.36 Å². The fraction of sp³-hybridized carbons (Fsp3) is 0.450. The van der Waals surface area contributed by atoms with Crippen LogP contribution in [0.2, 0.25) is 0 Å². The normalized spacial score (nSPS) is 27.5. The number of aliphatic carboxylic acids is 1. The second-order valence-electron chi connectivity index (χ2n) is 8.51. The Morgan fingerprint density at radius 2 is 2.14 bits per heavy atom. The number of thioether (sulfide) groups is 1. The number of carboxylic acid groups (broad SMARTS) is 1. The minimum Gasteiger partial charge on any atom is -0.477 e. The third kappa shape index (κ3) is 4.10. The van der Waals surface area contributed by atoms with Crippen molar-refractivity contribution in [2.24, 2.45) is 5.16 Å². The standard InChI is InChI=1S/C20H22N8O6S2/c21-20-24-14(26-36-20)11(25-34)15(29)23-12-17(31)28-13(19(32)33)9(7-35-18(12)28)5-8-2-4-27(16(8)30)10-1-3-22-6-10/h5,10,12,18,22,34H,1-4,6-7H2,(H,23,29)(H,32,33)(H2,21,24,26)/b8-5+,25-11-/t10?,12-,18?/m1/s1. The van der Waals surface area contributed by atoms with Crippen molar-refractivity contribution in [1.82, 2.24) is 29.8 Å². The number of aromatic nitrogens is 2. The molecular weight excluding hydrogens is 512 g/mol. The number of hydrogen-bond donors (Lipinski definition) is 5. The molecule has 6 N–H and O–H groups in total. The molecule has 5 rings (SSSR count). The van der Waals surface area contributed by atoms with Crippen LogP contribution in [0.4, 0.5) is 5.13 Å². The van der Waals surface area contributed by atoms with Crippen molar-refractivity contribution in [2.45, 2.75) is 30.3 Å². The number of nitrogens with one attached hydrogen (secondary N) is 2. The van der Waals surface area contributed by atoms with Gasteiger partial charge >= 0.3 is 5.97 Å². The van der Waals surface area contributed by atoms with Crippen molar-refractivity contribution in [2.75, 3.05) is 31.1 Å². The molecule has 2 unspecified atom stereocenters. The van der Waals surface area contributed by atoms with Crippen molar-refractivity contribution in [3.8, 4) is 0 Å². The Balaban J connectivity index is 1.33. The molecule has 1 aromatic rings. The molecule has 0 spiro atoms. The average molecular weight is 535 g/mol. The number of fused-ring (bicyclic) bond motifs is 1. The second-order valence-corrected chi connectivity index (χ2v) is 10.4. The first-order chi connectivity index (χ1) is 17.3. The summed E-state index contributed by atoms with van der Waals surface area (Å²) in [5.74, 6) is -2.90. The van der Waals surface area contributed by atoms with Gasteiger partial charge < -0.3 is 31.6 Å². The van der Waals surface area contributed by atoms with Crippen LogP contribution in [0.1, 0.15) is 18.7 Å². The number of nitrogens with two attached hydrogens (primary N) is 1. The number of nitrogen functional groups attached to an aromatic ring is 1. The maximum atomic E-state index is 12.9. The van der Waals surface area contributed by atoms with Gasteiger partial charge in [-0.25, -0.2) is 4.79 Å². The van der Waals surface area contributed by atoms with Crippen LogP contribution in [-0.4, -0.2) is 102 Å². The Labute approximate surface area is 212 Å². The second kappa shape index (κ2) is 9.51. The van der Waals surface area contributed by atoms with E-state index in [2.05, 4.69) is 25.1 Å². The first-order valence-electron chi connectivity index (χ1n) is 11.1. The Hall–Kier alpha value is -3.50. The molecule has 5 heterocycles. The molecule has 4 aliphatic rings. The lowest BCUT2D eigenvalue weighted by atomic mass is 10.0. The van der Waals surface area contributed by atoms with Gasteiger partial charge in [0.1, 0.15) is 17.1 Å². The van der Waals surface area contributed by atoms with Crippen LogP contribution in [0, 0.1) is 0 Å². The molecule has 3 fully saturated rings. The Morgan fingerprint density at radius 3 is 2.78 bits per heavy atom. The predicted octanol–water partition coefficient (Wildman–Crippen LogP) is -1.44. The highest BCUT2D eigenvalue weighted by atomic mass is 32.2. The van der Waals surface area contributed by atoms with E-state index in [1.165, 1.54) is 11.8 Å². The van der Waals surface area contributed by atoms with Crippen LogP contribution >= 0.6 is 23.3 Å². The highest BCUT2D eigenvalue weighted by Crippen LogP contribution is 2.41. The molecule has 1 aromatic heterocycles. The summed E-state index contributed by atoms with van der Waals surface area (Å²) < 4.78 is 3.82. The van der Waals surface area contributed by atoms with Gasteiger partial charge in [-0.05, 0) is 31.0 Å². The van der Waals surface area contributed by atoms with Gasteiger partial charge in [0.05, 0.1) is 0 Å². The Bertz CT molecular complexity index is 1240. The summed E-state index contributed by atoms with van der Waals surface area (Å²) >= 11 is 2.07. The van der Waals surface area contributed by atoms with Crippen LogP contribution < -0.4 is 16.4 Å². The summed E-state index contributed by atoms with van der Waals surface area (Å²) in [6, 6.07) is -0.914. The predicted molar refractivity (Wildman–Crippen MR) is 128 cm³/mol. The third-order valence-electron chi connectivity index (χ3n) is 6.44. The van der Waals surface area contributed by atoms with Gasteiger partial charge in [-0.1, -0.05) is 5.16 Å². The highest BCUT2D eigenvalue weighted by molar-refractivity contribution is 8.00. The molecule has 3 atom stereocenters. The van der Waals surface area contributed by atoms with Crippen molar-refractivity contribution in [3.05, 3.63) is 28.7 Å². The molecular formula is C20H22N8O6S2. The van der Waals surface area contributed by atoms with Gasteiger partial charge in [0.25, 0.3) is 11.8 Å². The molecule has 36 heavy (non-hydrogen) atoms. The SMILES string of the molecule is Nc1nc(/C(=N/O)C(=O)N[C@@H]2C(=O)N3C(C(=O)O)=C(/C=C4\CCN(C5CCNC5)C4=O)CSC23)ns1. The molecule has 0 aliphatic carbocycles. The molecule has 0 bridgehead atoms. The number of carbonyl (C=O) groups excluding carboxylic acids is 3. The summed E-state index contributed by atoms with van der Waals surface area (Å²) in [7, 11) is 0. The van der Waals surface area contributed by atoms with Gasteiger partial charge in [0.15, 0.2) is 5.13 Å². The van der Waals surface area contributed by atoms with E-state index in [9.17, 15) is 29.5 Å². The zero-order valence-corrected chi connectivity index (χ0v) is 20.3. The fourth-order valence-corrected chi connectivity index (χ4v) is 6.46. The summed E-state index contributed by atoms with van der Waals surface area (Å²) in [5, 5.41) is 27.1. The smallest absolute Gasteiger partial charge is 0.352 e. The molecule has 4 aliphatic heterocycles. The topological polar surface area (TPSA) is 203 Å². The van der Waals surface area contributed by atoms with E-state index >= 15 is 0 Å². The number of anilines is 1. The van der Waals surface area contributed by atoms with Crippen LogP contribution in [0.15, 0.2) is 28.1 Å². The maximum Gasteiger partial charge on any atom is 0.352 e. The first-order valence-corrected chi connectivity index (χ1v) is 12.9. The molecule has 3 amide bonds. The van der Waals surface area contributed by atoms with Crippen LogP contribution in [0.5, 0.6) is 0 Å². The number of likely N-dealkylation sites (tertiary alicyclic amines) is 1. The Kier molecular flexibility index (Phi) is 6.40. The zero-order valence-electron chi connectivity index (χ0n) is 18.7. The van der Waals surface area contributed by atoms with Crippen molar-refractivity contribution < 1.29 is 29.5 Å². The van der Waals surface area contributed by atoms with E-state index in [1.807, 2.05) is 4.90 Å². The number of allylic oxidation sites excluding steroid dienone is 1. The van der Waals surface area contributed by atoms with E-state index in [-0.39, 0.29) is 34.4 Å². The number of hydrogen-bond acceptors (Lipinski definition) is 12. The quantitative estimate of drug-likeness (QED) is 0.0939. The van der Waals surface area contributed by atoms with Crippen LogP contribution in [0.3, 0.4) is 0 Å². The van der Waals surface area contributed by atoms with E-state index in [4.69, 9.17) is 5.73 Å². The number of nitrogens with zero attached hydrogens (tertiary/aromatic N) is 5. The van der Waals surface area contributed by atoms with Crippen LogP contribution in [0.25, 0.3) is 0 Å². The van der Waals surface area contributed by atoms with Crippen molar-refractivity contribution in [1.29, 1.82) is 0 Å². The van der Waals surface area contributed by atoms with Crippen molar-refractivity contribution >= 4 is 57.8 Å². The lowest BCUT2D eigenvalue weighted by Gasteiger charge is -2.49. The summed E-state index contributed by atoms with van der Waals surface area (Å²) in [6.45, 7) is 2.17. The molecule has 0 radical (unpaired) electrons. The minimum absolute atomic E-state index is 0.0642. The lowest BCUT2D eigenvalue weighted by molar-refractivity contribution is -0.150. The molecule has 16 heteroatoms. The van der Waals surface area contributed by atoms with Crippen molar-refractivity contribution in [3.63, 3.8) is 0 Å². The van der Waals surface area contributed by atoms with E-state index in [0.717, 1.165) is 35.9 Å². The zero-order chi connectivity index (χ0) is 25.6. The van der Waals surface area contributed by atoms with Gasteiger partial charge in [-0.3, -0.25) is 19.3 Å². The molecule has 0 aromatic carbocycles. The maximum absolute atomic E-state index is 12.9. The third-order valence-corrected chi connectivity index (χ3v) is 8.28. The number of oxime groups is 1. The largest absolute Gasteiger partial charge is 0.477 e. The highest BCUT2D eigenvalue weighted by Gasteiger charge is 2.54. The molecule has 3 saturated heterocycles. The number of carboxylic acids is 1. The van der Waals surface area contributed by atoms with Gasteiger partial charge in [0, 0.05) is 42.0 Å². The summed E-state index contributed by atoms with van der Waals surface area (Å²) in [5.41, 5.74) is 5.67. The van der Waals surface area contributed by atoms with Gasteiger partial charge in [-0.15, -0.1) is 11.8 Å². The molecule has 0 saturated carbocycles. The lowest BCUT2D eigenvalue weighted by Crippen LogP contribution is -2.71. The minimum atomic E-state index is -1.30. The number of rotatable bonds is 6. The van der Waals surface area contributed by atoms with Crippen LogP contribution in [-0.2, 0) is 19.2 Å². The van der Waals surface area contributed by atoms with Gasteiger partial charge in [0.2, 0.25) is 17.4 Å². The first kappa shape index (κ1) is 24.2. The van der Waals surface area contributed by atoms with E-state index in [0.29, 0.717) is 24.1 Å². The molecule has 14 nitrogen and oxygen atoms in total. The number of amides is 3. The molecule has 190 valence electrons. The fourth-order valence-electron chi connectivity index (χ4n) is 4.72. The van der Waals surface area contributed by atoms with E-state index in [1.54, 1.807) is 6.08 Å².